The first kappa shape index (κ1) is 17.0. The Hall–Kier alpha value is -1.10. The van der Waals surface area contributed by atoms with Crippen LogP contribution in [0, 0.1) is 5.92 Å². The van der Waals surface area contributed by atoms with Gasteiger partial charge in [-0.25, -0.2) is 0 Å². The highest BCUT2D eigenvalue weighted by Gasteiger charge is 2.26. The number of piperazine rings is 1. The molecule has 0 unspecified atom stereocenters. The zero-order valence-electron chi connectivity index (χ0n) is 13.4. The minimum Gasteiger partial charge on any atom is -0.339 e. The second kappa shape index (κ2) is 8.25. The summed E-state index contributed by atoms with van der Waals surface area (Å²) in [7, 11) is 3.94. The number of carbonyl (C=O) groups is 2. The van der Waals surface area contributed by atoms with Gasteiger partial charge in [-0.2, -0.15) is 0 Å². The van der Waals surface area contributed by atoms with Gasteiger partial charge in [0.25, 0.3) is 0 Å². The summed E-state index contributed by atoms with van der Waals surface area (Å²) in [6.07, 6.45) is 2.36. The van der Waals surface area contributed by atoms with E-state index in [1.165, 1.54) is 0 Å². The molecule has 1 aliphatic heterocycles. The minimum atomic E-state index is 0.144. The highest BCUT2D eigenvalue weighted by molar-refractivity contribution is 5.80. The van der Waals surface area contributed by atoms with Gasteiger partial charge in [-0.3, -0.25) is 9.59 Å². The van der Waals surface area contributed by atoms with Gasteiger partial charge in [-0.1, -0.05) is 13.8 Å². The molecule has 20 heavy (non-hydrogen) atoms. The highest BCUT2D eigenvalue weighted by atomic mass is 16.2. The summed E-state index contributed by atoms with van der Waals surface area (Å²) in [5.74, 6) is 0.606. The fourth-order valence-corrected chi connectivity index (χ4v) is 2.55. The Labute approximate surface area is 122 Å². The smallest absolute Gasteiger partial charge is 0.225 e. The van der Waals surface area contributed by atoms with E-state index in [2.05, 4.69) is 13.8 Å². The molecule has 0 aromatic rings. The van der Waals surface area contributed by atoms with Gasteiger partial charge in [0.2, 0.25) is 11.8 Å². The quantitative estimate of drug-likeness (QED) is 0.732. The van der Waals surface area contributed by atoms with Crippen molar-refractivity contribution in [2.24, 2.45) is 5.92 Å². The Morgan fingerprint density at radius 2 is 1.50 bits per heavy atom. The Morgan fingerprint density at radius 3 is 1.95 bits per heavy atom. The first-order valence-corrected chi connectivity index (χ1v) is 7.70. The summed E-state index contributed by atoms with van der Waals surface area (Å²) in [5, 5.41) is 0. The molecular formula is C15H29N3O2. The van der Waals surface area contributed by atoms with Crippen LogP contribution < -0.4 is 0 Å². The molecule has 0 atom stereocenters. The maximum Gasteiger partial charge on any atom is 0.225 e. The van der Waals surface area contributed by atoms with Crippen molar-refractivity contribution < 1.29 is 9.59 Å². The van der Waals surface area contributed by atoms with Gasteiger partial charge < -0.3 is 14.7 Å². The van der Waals surface area contributed by atoms with E-state index in [9.17, 15) is 9.59 Å². The van der Waals surface area contributed by atoms with Crippen LogP contribution in [0.25, 0.3) is 0 Å². The van der Waals surface area contributed by atoms with Crippen LogP contribution in [0.15, 0.2) is 0 Å². The molecule has 0 bridgehead atoms. The van der Waals surface area contributed by atoms with Crippen LogP contribution in [0.1, 0.15) is 33.1 Å². The number of hydrogen-bond donors (Lipinski definition) is 0. The lowest BCUT2D eigenvalue weighted by Gasteiger charge is -2.36. The van der Waals surface area contributed by atoms with Crippen molar-refractivity contribution in [3.05, 3.63) is 0 Å². The number of carbonyl (C=O) groups excluding carboxylic acids is 2. The molecule has 5 heteroatoms. The largest absolute Gasteiger partial charge is 0.339 e. The van der Waals surface area contributed by atoms with E-state index in [0.29, 0.717) is 32.6 Å². The Bertz CT molecular complexity index is 319. The molecule has 0 spiro atoms. The molecule has 1 fully saturated rings. The van der Waals surface area contributed by atoms with E-state index < -0.39 is 0 Å². The van der Waals surface area contributed by atoms with E-state index in [1.54, 1.807) is 0 Å². The predicted molar refractivity (Wildman–Crippen MR) is 80.4 cm³/mol. The van der Waals surface area contributed by atoms with E-state index >= 15 is 0 Å². The zero-order chi connectivity index (χ0) is 15.1. The topological polar surface area (TPSA) is 43.9 Å². The summed E-state index contributed by atoms with van der Waals surface area (Å²) in [4.78, 5) is 30.1. The molecular weight excluding hydrogens is 254 g/mol. The van der Waals surface area contributed by atoms with Gasteiger partial charge in [0, 0.05) is 45.1 Å². The lowest BCUT2D eigenvalue weighted by molar-refractivity contribution is -0.142. The third-order valence-corrected chi connectivity index (χ3v) is 4.05. The second-order valence-electron chi connectivity index (χ2n) is 5.77. The fourth-order valence-electron chi connectivity index (χ4n) is 2.55. The molecule has 2 amide bonds. The molecule has 0 saturated carbocycles. The van der Waals surface area contributed by atoms with E-state index in [0.717, 1.165) is 19.4 Å². The summed E-state index contributed by atoms with van der Waals surface area (Å²) in [6.45, 7) is 7.63. The van der Waals surface area contributed by atoms with Crippen molar-refractivity contribution in [3.8, 4) is 0 Å². The third kappa shape index (κ3) is 4.78. The molecule has 5 nitrogen and oxygen atoms in total. The lowest BCUT2D eigenvalue weighted by Crippen LogP contribution is -2.52. The highest BCUT2D eigenvalue weighted by Crippen LogP contribution is 2.14. The third-order valence-electron chi connectivity index (χ3n) is 4.05. The normalized spacial score (nSPS) is 16.1. The van der Waals surface area contributed by atoms with Crippen LogP contribution in [-0.2, 0) is 9.59 Å². The van der Waals surface area contributed by atoms with Crippen LogP contribution in [0.2, 0.25) is 0 Å². The van der Waals surface area contributed by atoms with Gasteiger partial charge >= 0.3 is 0 Å². The fraction of sp³-hybridized carbons (Fsp3) is 0.867. The second-order valence-corrected chi connectivity index (χ2v) is 5.77. The van der Waals surface area contributed by atoms with Crippen molar-refractivity contribution in [1.82, 2.24) is 14.7 Å². The van der Waals surface area contributed by atoms with Gasteiger partial charge in [-0.15, -0.1) is 0 Å². The maximum absolute atomic E-state index is 12.3. The molecule has 0 N–H and O–H groups in total. The van der Waals surface area contributed by atoms with Crippen molar-refractivity contribution in [2.75, 3.05) is 46.8 Å². The van der Waals surface area contributed by atoms with Crippen molar-refractivity contribution >= 4 is 11.8 Å². The average Bonchev–Trinajstić information content (AvgIpc) is 2.46. The Morgan fingerprint density at radius 1 is 1.00 bits per heavy atom. The maximum atomic E-state index is 12.3. The molecule has 0 aliphatic carbocycles. The van der Waals surface area contributed by atoms with Gasteiger partial charge in [0.1, 0.15) is 0 Å². The first-order valence-electron chi connectivity index (χ1n) is 7.70. The Balaban J connectivity index is 2.39. The van der Waals surface area contributed by atoms with Gasteiger partial charge in [0.05, 0.1) is 0 Å². The number of rotatable bonds is 6. The standard InChI is InChI=1S/C15H29N3O2/c1-5-13(6-2)15(20)18-11-9-17(10-12-18)14(19)7-8-16(3)4/h13H,5-12H2,1-4H3. The van der Waals surface area contributed by atoms with Crippen LogP contribution in [0.3, 0.4) is 0 Å². The SMILES string of the molecule is CCC(CC)C(=O)N1CCN(C(=O)CCN(C)C)CC1. The molecule has 1 saturated heterocycles. The minimum absolute atomic E-state index is 0.144. The summed E-state index contributed by atoms with van der Waals surface area (Å²) in [5.41, 5.74) is 0. The number of amides is 2. The molecule has 0 radical (unpaired) electrons. The number of nitrogens with zero attached hydrogens (tertiary/aromatic N) is 3. The van der Waals surface area contributed by atoms with Gasteiger partial charge in [-0.05, 0) is 26.9 Å². The summed E-state index contributed by atoms with van der Waals surface area (Å²) in [6, 6.07) is 0. The predicted octanol–water partition coefficient (Wildman–Crippen LogP) is 1.05. The zero-order valence-corrected chi connectivity index (χ0v) is 13.4. The molecule has 0 aromatic carbocycles. The monoisotopic (exact) mass is 283 g/mol. The van der Waals surface area contributed by atoms with E-state index in [-0.39, 0.29) is 17.7 Å². The van der Waals surface area contributed by atoms with Crippen LogP contribution >= 0.6 is 0 Å². The molecule has 1 rings (SSSR count). The van der Waals surface area contributed by atoms with Gasteiger partial charge in [0.15, 0.2) is 0 Å². The van der Waals surface area contributed by atoms with Crippen LogP contribution in [-0.4, -0.2) is 73.3 Å². The van der Waals surface area contributed by atoms with E-state index in [4.69, 9.17) is 0 Å². The Kier molecular flexibility index (Phi) is 6.99. The van der Waals surface area contributed by atoms with Crippen molar-refractivity contribution in [1.29, 1.82) is 0 Å². The number of hydrogen-bond acceptors (Lipinski definition) is 3. The van der Waals surface area contributed by atoms with E-state index in [1.807, 2.05) is 28.8 Å². The molecule has 116 valence electrons. The van der Waals surface area contributed by atoms with Crippen LogP contribution in [0.5, 0.6) is 0 Å². The van der Waals surface area contributed by atoms with Crippen molar-refractivity contribution in [3.63, 3.8) is 0 Å². The molecule has 1 aliphatic rings. The average molecular weight is 283 g/mol. The molecule has 0 aromatic heterocycles. The first-order chi connectivity index (χ1) is 9.49. The van der Waals surface area contributed by atoms with Crippen LogP contribution in [0.4, 0.5) is 0 Å². The summed E-state index contributed by atoms with van der Waals surface area (Å²) >= 11 is 0. The van der Waals surface area contributed by atoms with Crippen molar-refractivity contribution in [2.45, 2.75) is 33.1 Å². The molecule has 1 heterocycles. The summed E-state index contributed by atoms with van der Waals surface area (Å²) < 4.78 is 0. The lowest BCUT2D eigenvalue weighted by atomic mass is 10.0.